The number of anilines is 1. The van der Waals surface area contributed by atoms with Crippen LogP contribution in [0.5, 0.6) is 5.75 Å². The first kappa shape index (κ1) is 21.4. The number of rotatable bonds is 7. The van der Waals surface area contributed by atoms with Crippen molar-refractivity contribution < 1.29 is 9.53 Å². The summed E-state index contributed by atoms with van der Waals surface area (Å²) in [5.41, 5.74) is 11.6. The van der Waals surface area contributed by atoms with Gasteiger partial charge in [0.05, 0.1) is 7.11 Å². The molecule has 0 aliphatic heterocycles. The number of nitrogens with one attached hydrogen (secondary N) is 1. The Labute approximate surface area is 178 Å². The third-order valence-electron chi connectivity index (χ3n) is 5.31. The maximum atomic E-state index is 13.1. The predicted octanol–water partition coefficient (Wildman–Crippen LogP) is 4.51. The Morgan fingerprint density at radius 3 is 2.67 bits per heavy atom. The number of benzene rings is 2. The van der Waals surface area contributed by atoms with Crippen LogP contribution >= 0.6 is 0 Å². The fourth-order valence-corrected chi connectivity index (χ4v) is 3.45. The van der Waals surface area contributed by atoms with Gasteiger partial charge in [0.25, 0.3) is 0 Å². The largest absolute Gasteiger partial charge is 0.496 e. The second-order valence-electron chi connectivity index (χ2n) is 7.64. The smallest absolute Gasteiger partial charge is 0.322 e. The van der Waals surface area contributed by atoms with Crippen LogP contribution in [0, 0.1) is 13.8 Å². The van der Waals surface area contributed by atoms with Gasteiger partial charge in [0.2, 0.25) is 0 Å². The highest BCUT2D eigenvalue weighted by atomic mass is 16.5. The van der Waals surface area contributed by atoms with Crippen molar-refractivity contribution in [2.45, 2.75) is 39.3 Å². The van der Waals surface area contributed by atoms with E-state index in [1.54, 1.807) is 20.4 Å². The van der Waals surface area contributed by atoms with Crippen LogP contribution in [0.4, 0.5) is 10.5 Å². The predicted molar refractivity (Wildman–Crippen MR) is 123 cm³/mol. The average molecular weight is 407 g/mol. The molecule has 158 valence electrons. The Morgan fingerprint density at radius 2 is 2.03 bits per heavy atom. The molecule has 2 aromatic rings. The number of ether oxygens (including phenoxy) is 1. The summed E-state index contributed by atoms with van der Waals surface area (Å²) in [6, 6.07) is 12.1. The van der Waals surface area contributed by atoms with Gasteiger partial charge in [0.1, 0.15) is 5.75 Å². The van der Waals surface area contributed by atoms with Crippen molar-refractivity contribution in [3.8, 4) is 5.75 Å². The third-order valence-corrected chi connectivity index (χ3v) is 5.31. The van der Waals surface area contributed by atoms with Gasteiger partial charge in [-0.1, -0.05) is 23.8 Å². The number of amides is 2. The quantitative estimate of drug-likeness (QED) is 0.664. The first-order chi connectivity index (χ1) is 14.5. The summed E-state index contributed by atoms with van der Waals surface area (Å²) in [6.45, 7) is 4.77. The Morgan fingerprint density at radius 1 is 1.27 bits per heavy atom. The molecular weight excluding hydrogens is 376 g/mol. The van der Waals surface area contributed by atoms with Crippen LogP contribution in [-0.2, 0) is 6.54 Å². The molecule has 0 spiro atoms. The summed E-state index contributed by atoms with van der Waals surface area (Å²) < 4.78 is 5.52. The van der Waals surface area contributed by atoms with Gasteiger partial charge in [0.15, 0.2) is 0 Å². The minimum Gasteiger partial charge on any atom is -0.496 e. The van der Waals surface area contributed by atoms with Crippen LogP contribution in [0.15, 0.2) is 47.6 Å². The van der Waals surface area contributed by atoms with Crippen molar-refractivity contribution in [3.05, 3.63) is 64.9 Å². The number of urea groups is 1. The van der Waals surface area contributed by atoms with Crippen molar-refractivity contribution in [3.63, 3.8) is 0 Å². The normalized spacial score (nSPS) is 14.1. The van der Waals surface area contributed by atoms with Gasteiger partial charge in [0, 0.05) is 54.9 Å². The first-order valence-corrected chi connectivity index (χ1v) is 10.1. The maximum absolute atomic E-state index is 13.1. The lowest BCUT2D eigenvalue weighted by atomic mass is 10.1. The minimum atomic E-state index is -0.0991. The highest BCUT2D eigenvalue weighted by molar-refractivity contribution is 6.10. The van der Waals surface area contributed by atoms with E-state index in [4.69, 9.17) is 10.5 Å². The highest BCUT2D eigenvalue weighted by Gasteiger charge is 2.33. The molecule has 1 saturated carbocycles. The summed E-state index contributed by atoms with van der Waals surface area (Å²) in [5.74, 6) is 0.622. The number of hydrogen-bond donors (Lipinski definition) is 2. The molecule has 1 aliphatic carbocycles. The second kappa shape index (κ2) is 9.48. The summed E-state index contributed by atoms with van der Waals surface area (Å²) in [6.07, 6.45) is 5.25. The van der Waals surface area contributed by atoms with Gasteiger partial charge in [-0.25, -0.2) is 4.79 Å². The number of aryl methyl sites for hydroxylation is 2. The molecule has 0 atom stereocenters. The van der Waals surface area contributed by atoms with Gasteiger partial charge in [-0.2, -0.15) is 0 Å². The second-order valence-corrected chi connectivity index (χ2v) is 7.64. The van der Waals surface area contributed by atoms with Crippen LogP contribution < -0.4 is 15.8 Å². The van der Waals surface area contributed by atoms with Crippen molar-refractivity contribution in [2.24, 2.45) is 10.7 Å². The maximum Gasteiger partial charge on any atom is 0.322 e. The van der Waals surface area contributed by atoms with Crippen LogP contribution in [0.2, 0.25) is 0 Å². The van der Waals surface area contributed by atoms with E-state index in [1.165, 1.54) is 22.9 Å². The van der Waals surface area contributed by atoms with Crippen LogP contribution in [0.25, 0.3) is 5.57 Å². The Kier molecular flexibility index (Phi) is 6.77. The molecule has 1 fully saturated rings. The number of nitrogens with zero attached hydrogens (tertiary/aromatic N) is 2. The zero-order chi connectivity index (χ0) is 21.7. The molecule has 0 saturated heterocycles. The van der Waals surface area contributed by atoms with Crippen LogP contribution in [-0.4, -0.2) is 37.3 Å². The standard InChI is InChI=1S/C24H30N4O2/c1-16-5-6-17(2)18(11-16)15-28(21-8-9-21)24(29)27-20-7-10-22(23(12-20)30-4)19(13-25)14-26-3/h5-7,10-14,21H,8-9,15,25H2,1-4H3,(H,27,29)/b19-13+,26-14?. The van der Waals surface area contributed by atoms with Gasteiger partial charge < -0.3 is 20.7 Å². The van der Waals surface area contributed by atoms with E-state index >= 15 is 0 Å². The van der Waals surface area contributed by atoms with Crippen LogP contribution in [0.3, 0.4) is 0 Å². The molecule has 30 heavy (non-hydrogen) atoms. The number of methoxy groups -OCH3 is 1. The number of nitrogens with two attached hydrogens (primary N) is 1. The van der Waals surface area contributed by atoms with Crippen LogP contribution in [0.1, 0.15) is 35.1 Å². The average Bonchev–Trinajstić information content (AvgIpc) is 3.57. The molecule has 0 bridgehead atoms. The number of carbonyl (C=O) groups excluding carboxylic acids is 1. The Hall–Kier alpha value is -3.28. The molecular formula is C24H30N4O2. The van der Waals surface area contributed by atoms with E-state index in [2.05, 4.69) is 42.4 Å². The summed E-state index contributed by atoms with van der Waals surface area (Å²) in [4.78, 5) is 19.0. The molecule has 0 unspecified atom stereocenters. The highest BCUT2D eigenvalue weighted by Crippen LogP contribution is 2.31. The van der Waals surface area contributed by atoms with E-state index < -0.39 is 0 Å². The van der Waals surface area contributed by atoms with Crippen molar-refractivity contribution in [1.29, 1.82) is 0 Å². The van der Waals surface area contributed by atoms with Gasteiger partial charge in [-0.3, -0.25) is 4.99 Å². The number of aliphatic imine (C=N–C) groups is 1. The molecule has 1 aliphatic rings. The fraction of sp³-hybridized carbons (Fsp3) is 0.333. The lowest BCUT2D eigenvalue weighted by molar-refractivity contribution is 0.206. The summed E-state index contributed by atoms with van der Waals surface area (Å²) >= 11 is 0. The molecule has 0 heterocycles. The zero-order valence-corrected chi connectivity index (χ0v) is 18.1. The number of carbonyl (C=O) groups is 1. The van der Waals surface area contributed by atoms with E-state index in [0.717, 1.165) is 24.0 Å². The first-order valence-electron chi connectivity index (χ1n) is 10.1. The van der Waals surface area contributed by atoms with E-state index in [0.29, 0.717) is 24.0 Å². The number of hydrogen-bond acceptors (Lipinski definition) is 4. The van der Waals surface area contributed by atoms with Gasteiger partial charge in [-0.15, -0.1) is 0 Å². The van der Waals surface area contributed by atoms with Crippen molar-refractivity contribution in [1.82, 2.24) is 4.90 Å². The molecule has 0 aromatic heterocycles. The third kappa shape index (κ3) is 5.00. The molecule has 0 radical (unpaired) electrons. The lowest BCUT2D eigenvalue weighted by Gasteiger charge is -2.24. The molecule has 3 N–H and O–H groups in total. The molecule has 3 rings (SSSR count). The topological polar surface area (TPSA) is 79.9 Å². The molecule has 6 nitrogen and oxygen atoms in total. The summed E-state index contributed by atoms with van der Waals surface area (Å²) in [7, 11) is 3.28. The minimum absolute atomic E-state index is 0.0991. The SMILES string of the molecule is CN=C/C(=C\N)c1ccc(NC(=O)N(Cc2cc(C)ccc2C)C2CC2)cc1OC. The Bertz CT molecular complexity index is 977. The van der Waals surface area contributed by atoms with Crippen molar-refractivity contribution in [2.75, 3.05) is 19.5 Å². The van der Waals surface area contributed by atoms with Gasteiger partial charge in [-0.05, 0) is 49.9 Å². The van der Waals surface area contributed by atoms with Crippen molar-refractivity contribution >= 4 is 23.5 Å². The zero-order valence-electron chi connectivity index (χ0n) is 18.1. The van der Waals surface area contributed by atoms with E-state index in [1.807, 2.05) is 23.1 Å². The Balaban J connectivity index is 1.80. The summed E-state index contributed by atoms with van der Waals surface area (Å²) in [5, 5.41) is 3.03. The fourth-order valence-electron chi connectivity index (χ4n) is 3.45. The lowest BCUT2D eigenvalue weighted by Crippen LogP contribution is -2.36. The molecule has 2 amide bonds. The molecule has 2 aromatic carbocycles. The van der Waals surface area contributed by atoms with Gasteiger partial charge >= 0.3 is 6.03 Å². The number of allylic oxidation sites excluding steroid dienone is 1. The van der Waals surface area contributed by atoms with E-state index in [9.17, 15) is 4.79 Å². The monoisotopic (exact) mass is 406 g/mol. The molecule has 6 heteroatoms. The van der Waals surface area contributed by atoms with E-state index in [-0.39, 0.29) is 6.03 Å².